The average molecular weight is 277 g/mol. The lowest BCUT2D eigenvalue weighted by Gasteiger charge is -2.09. The number of furan rings is 1. The molecule has 98 valence electrons. The topological polar surface area (TPSA) is 64.1 Å². The summed E-state index contributed by atoms with van der Waals surface area (Å²) in [5.74, 6) is 5.78. The van der Waals surface area contributed by atoms with Crippen LogP contribution in [0.3, 0.4) is 0 Å². The zero-order chi connectivity index (χ0) is 13.4. The van der Waals surface area contributed by atoms with Crippen LogP contribution in [0.4, 0.5) is 4.39 Å². The lowest BCUT2D eigenvalue weighted by Crippen LogP contribution is -2.27. The molecule has 0 spiro atoms. The molecule has 0 aliphatic carbocycles. The van der Waals surface area contributed by atoms with Crippen molar-refractivity contribution in [2.45, 2.75) is 13.0 Å². The summed E-state index contributed by atoms with van der Waals surface area (Å²) in [5, 5.41) is 1.66. The molecular weight excluding hydrogens is 265 g/mol. The minimum absolute atomic E-state index is 0.249. The third kappa shape index (κ3) is 2.14. The summed E-state index contributed by atoms with van der Waals surface area (Å²) in [6.45, 7) is 1.92. The van der Waals surface area contributed by atoms with Gasteiger partial charge in [0.15, 0.2) is 11.4 Å². The zero-order valence-electron chi connectivity index (χ0n) is 10.2. The standard InChI is InChI=1S/C13H12FN3OS/c1-7-16-6-11(19-7)12(17-15)10-5-8-3-2-4-9(14)13(8)18-10/h2-6,12,17H,15H2,1H3. The summed E-state index contributed by atoms with van der Waals surface area (Å²) in [4.78, 5) is 5.12. The highest BCUT2D eigenvalue weighted by molar-refractivity contribution is 7.11. The van der Waals surface area contributed by atoms with Gasteiger partial charge in [0, 0.05) is 11.6 Å². The molecule has 1 unspecified atom stereocenters. The number of hydrazine groups is 1. The van der Waals surface area contributed by atoms with E-state index in [0.29, 0.717) is 5.76 Å². The number of hydrogen-bond acceptors (Lipinski definition) is 5. The second kappa shape index (κ2) is 4.73. The Kier molecular flexibility index (Phi) is 3.06. The molecule has 0 aliphatic heterocycles. The molecule has 0 saturated heterocycles. The number of halogens is 1. The van der Waals surface area contributed by atoms with Gasteiger partial charge in [-0.2, -0.15) is 0 Å². The molecule has 1 aromatic carbocycles. The van der Waals surface area contributed by atoms with E-state index in [9.17, 15) is 4.39 Å². The van der Waals surface area contributed by atoms with E-state index >= 15 is 0 Å². The lowest BCUT2D eigenvalue weighted by atomic mass is 10.2. The van der Waals surface area contributed by atoms with Crippen molar-refractivity contribution in [2.24, 2.45) is 5.84 Å². The number of nitrogens with one attached hydrogen (secondary N) is 1. The second-order valence-electron chi connectivity index (χ2n) is 4.19. The largest absolute Gasteiger partial charge is 0.456 e. The molecule has 2 aromatic heterocycles. The smallest absolute Gasteiger partial charge is 0.169 e. The molecule has 0 amide bonds. The maximum absolute atomic E-state index is 13.6. The number of hydrogen-bond donors (Lipinski definition) is 2. The molecule has 0 fully saturated rings. The van der Waals surface area contributed by atoms with Crippen LogP contribution >= 0.6 is 11.3 Å². The first-order valence-corrected chi connectivity index (χ1v) is 6.57. The van der Waals surface area contributed by atoms with Gasteiger partial charge in [0.25, 0.3) is 0 Å². The third-order valence-electron chi connectivity index (χ3n) is 2.89. The van der Waals surface area contributed by atoms with Crippen LogP contribution in [-0.2, 0) is 0 Å². The number of nitrogens with two attached hydrogens (primary N) is 1. The highest BCUT2D eigenvalue weighted by Crippen LogP contribution is 2.31. The summed E-state index contributed by atoms with van der Waals surface area (Å²) in [6.07, 6.45) is 1.74. The van der Waals surface area contributed by atoms with Crippen LogP contribution in [0.5, 0.6) is 0 Å². The maximum Gasteiger partial charge on any atom is 0.169 e. The van der Waals surface area contributed by atoms with Gasteiger partial charge >= 0.3 is 0 Å². The van der Waals surface area contributed by atoms with Crippen LogP contribution in [0.15, 0.2) is 34.9 Å². The molecule has 0 radical (unpaired) electrons. The van der Waals surface area contributed by atoms with Gasteiger partial charge in [0.1, 0.15) is 11.8 Å². The van der Waals surface area contributed by atoms with Gasteiger partial charge < -0.3 is 4.42 Å². The Hall–Kier alpha value is -1.76. The van der Waals surface area contributed by atoms with Gasteiger partial charge in [-0.1, -0.05) is 12.1 Å². The Morgan fingerprint density at radius 2 is 2.32 bits per heavy atom. The average Bonchev–Trinajstić information content (AvgIpc) is 2.98. The van der Waals surface area contributed by atoms with E-state index in [2.05, 4.69) is 10.4 Å². The van der Waals surface area contributed by atoms with E-state index in [4.69, 9.17) is 10.3 Å². The van der Waals surface area contributed by atoms with Crippen molar-refractivity contribution in [2.75, 3.05) is 0 Å². The second-order valence-corrected chi connectivity index (χ2v) is 5.45. The summed E-state index contributed by atoms with van der Waals surface area (Å²) in [7, 11) is 0. The van der Waals surface area contributed by atoms with Crippen LogP contribution in [0, 0.1) is 12.7 Å². The predicted octanol–water partition coefficient (Wildman–Crippen LogP) is 2.89. The summed E-state index contributed by atoms with van der Waals surface area (Å²) < 4.78 is 19.2. The van der Waals surface area contributed by atoms with Crippen molar-refractivity contribution >= 4 is 22.3 Å². The zero-order valence-corrected chi connectivity index (χ0v) is 11.0. The van der Waals surface area contributed by atoms with Crippen LogP contribution in [0.1, 0.15) is 21.7 Å². The number of benzene rings is 1. The lowest BCUT2D eigenvalue weighted by molar-refractivity contribution is 0.468. The van der Waals surface area contributed by atoms with E-state index in [1.54, 1.807) is 24.4 Å². The molecule has 2 heterocycles. The first kappa shape index (κ1) is 12.3. The van der Waals surface area contributed by atoms with Gasteiger partial charge in [-0.15, -0.1) is 11.3 Å². The fraction of sp³-hybridized carbons (Fsp3) is 0.154. The number of para-hydroxylation sites is 1. The van der Waals surface area contributed by atoms with Crippen molar-refractivity contribution < 1.29 is 8.81 Å². The van der Waals surface area contributed by atoms with E-state index in [1.807, 2.05) is 6.92 Å². The Labute approximate surface area is 113 Å². The van der Waals surface area contributed by atoms with Crippen molar-refractivity contribution in [3.63, 3.8) is 0 Å². The normalized spacial score (nSPS) is 13.0. The summed E-state index contributed by atoms with van der Waals surface area (Å²) in [6, 6.07) is 6.29. The predicted molar refractivity (Wildman–Crippen MR) is 72.2 cm³/mol. The van der Waals surface area contributed by atoms with Crippen molar-refractivity contribution in [3.05, 3.63) is 51.9 Å². The molecule has 0 aliphatic rings. The Morgan fingerprint density at radius 3 is 2.95 bits per heavy atom. The monoisotopic (exact) mass is 277 g/mol. The van der Waals surface area contributed by atoms with E-state index in [-0.39, 0.29) is 17.4 Å². The fourth-order valence-electron chi connectivity index (χ4n) is 2.01. The molecule has 3 N–H and O–H groups in total. The van der Waals surface area contributed by atoms with Crippen molar-refractivity contribution in [1.29, 1.82) is 0 Å². The molecule has 0 bridgehead atoms. The van der Waals surface area contributed by atoms with E-state index in [1.165, 1.54) is 17.4 Å². The number of rotatable bonds is 3. The molecule has 6 heteroatoms. The molecule has 0 saturated carbocycles. The molecule has 1 atom stereocenters. The fourth-order valence-corrected chi connectivity index (χ4v) is 2.86. The number of fused-ring (bicyclic) bond motifs is 1. The van der Waals surface area contributed by atoms with Crippen molar-refractivity contribution in [3.8, 4) is 0 Å². The molecule has 3 aromatic rings. The summed E-state index contributed by atoms with van der Waals surface area (Å²) >= 11 is 1.52. The number of thiazole rings is 1. The third-order valence-corrected chi connectivity index (χ3v) is 3.87. The number of aryl methyl sites for hydroxylation is 1. The van der Waals surface area contributed by atoms with E-state index < -0.39 is 0 Å². The van der Waals surface area contributed by atoms with Crippen LogP contribution in [0.25, 0.3) is 11.0 Å². The van der Waals surface area contributed by atoms with Crippen molar-refractivity contribution in [1.82, 2.24) is 10.4 Å². The molecule has 19 heavy (non-hydrogen) atoms. The molecule has 4 nitrogen and oxygen atoms in total. The summed E-state index contributed by atoms with van der Waals surface area (Å²) in [5.41, 5.74) is 2.93. The minimum atomic E-state index is -0.375. The minimum Gasteiger partial charge on any atom is -0.456 e. The van der Waals surface area contributed by atoms with Gasteiger partial charge in [-0.05, 0) is 19.1 Å². The van der Waals surface area contributed by atoms with Crippen LogP contribution in [-0.4, -0.2) is 4.98 Å². The van der Waals surface area contributed by atoms with Gasteiger partial charge in [-0.25, -0.2) is 14.8 Å². The first-order valence-electron chi connectivity index (χ1n) is 5.75. The maximum atomic E-state index is 13.6. The Morgan fingerprint density at radius 1 is 1.47 bits per heavy atom. The highest BCUT2D eigenvalue weighted by atomic mass is 32.1. The van der Waals surface area contributed by atoms with Gasteiger partial charge in [0.2, 0.25) is 0 Å². The first-order chi connectivity index (χ1) is 9.19. The van der Waals surface area contributed by atoms with E-state index in [0.717, 1.165) is 15.3 Å². The number of aromatic nitrogens is 1. The Balaban J connectivity index is 2.09. The van der Waals surface area contributed by atoms with Gasteiger partial charge in [-0.3, -0.25) is 5.84 Å². The number of nitrogens with zero attached hydrogens (tertiary/aromatic N) is 1. The van der Waals surface area contributed by atoms with Crippen LogP contribution < -0.4 is 11.3 Å². The molecule has 3 rings (SSSR count). The highest BCUT2D eigenvalue weighted by Gasteiger charge is 2.20. The van der Waals surface area contributed by atoms with Gasteiger partial charge in [0.05, 0.1) is 9.88 Å². The van der Waals surface area contributed by atoms with Crippen LogP contribution in [0.2, 0.25) is 0 Å². The quantitative estimate of drug-likeness (QED) is 0.571. The SMILES string of the molecule is Cc1ncc(C(NN)c2cc3cccc(F)c3o2)s1. The Bertz CT molecular complexity index is 722. The molecular formula is C13H12FN3OS.